The van der Waals surface area contributed by atoms with Crippen molar-refractivity contribution >= 4 is 5.97 Å². The first kappa shape index (κ1) is 13.9. The molecule has 1 aromatic rings. The number of carboxylic acid groups (broad SMARTS) is 1. The number of carboxylic acids is 1. The summed E-state index contributed by atoms with van der Waals surface area (Å²) in [6, 6.07) is 3.25. The lowest BCUT2D eigenvalue weighted by atomic mass is 9.99. The van der Waals surface area contributed by atoms with E-state index in [2.05, 4.69) is 0 Å². The zero-order valence-electron chi connectivity index (χ0n) is 10.9. The fraction of sp³-hybridized carbons (Fsp3) is 0.500. The van der Waals surface area contributed by atoms with Crippen LogP contribution in [0.5, 0.6) is 0 Å². The second-order valence-electron chi connectivity index (χ2n) is 5.22. The molecule has 0 spiro atoms. The van der Waals surface area contributed by atoms with Crippen molar-refractivity contribution in [3.8, 4) is 0 Å². The van der Waals surface area contributed by atoms with Crippen LogP contribution < -0.4 is 0 Å². The third kappa shape index (κ3) is 2.76. The molecule has 0 aliphatic carbocycles. The van der Waals surface area contributed by atoms with Crippen LogP contribution in [0.1, 0.15) is 25.5 Å². The normalized spacial score (nSPS) is 25.5. The second-order valence-corrected chi connectivity index (χ2v) is 5.22. The number of likely N-dealkylation sites (tertiary alicyclic amines) is 1. The summed E-state index contributed by atoms with van der Waals surface area (Å²) < 4.78 is 26.6. The van der Waals surface area contributed by atoms with Crippen LogP contribution in [0, 0.1) is 23.5 Å². The van der Waals surface area contributed by atoms with Crippen molar-refractivity contribution in [1.82, 2.24) is 4.90 Å². The standard InChI is InChI=1S/C14H17F2NO2/c1-8-6-17(7-12(8)14(18)19)9(2)11-4-3-10(15)5-13(11)16/h3-5,8-9,12H,6-7H2,1-2H3,(H,18,19). The molecular weight excluding hydrogens is 252 g/mol. The van der Waals surface area contributed by atoms with E-state index >= 15 is 0 Å². The van der Waals surface area contributed by atoms with E-state index in [1.807, 2.05) is 18.7 Å². The van der Waals surface area contributed by atoms with E-state index in [-0.39, 0.29) is 12.0 Å². The largest absolute Gasteiger partial charge is 0.481 e. The number of aliphatic carboxylic acids is 1. The minimum absolute atomic E-state index is 0.0310. The van der Waals surface area contributed by atoms with Gasteiger partial charge in [0.05, 0.1) is 5.92 Å². The van der Waals surface area contributed by atoms with E-state index in [0.717, 1.165) is 6.07 Å². The average molecular weight is 269 g/mol. The maximum Gasteiger partial charge on any atom is 0.308 e. The predicted octanol–water partition coefficient (Wildman–Crippen LogP) is 2.68. The van der Waals surface area contributed by atoms with E-state index in [1.165, 1.54) is 12.1 Å². The van der Waals surface area contributed by atoms with E-state index in [1.54, 1.807) is 0 Å². The summed E-state index contributed by atoms with van der Waals surface area (Å²) in [6.07, 6.45) is 0. The lowest BCUT2D eigenvalue weighted by Crippen LogP contribution is -2.26. The number of hydrogen-bond acceptors (Lipinski definition) is 2. The van der Waals surface area contributed by atoms with E-state index < -0.39 is 23.5 Å². The van der Waals surface area contributed by atoms with Crippen LogP contribution in [-0.2, 0) is 4.79 Å². The second kappa shape index (κ2) is 5.25. The van der Waals surface area contributed by atoms with Gasteiger partial charge >= 0.3 is 5.97 Å². The van der Waals surface area contributed by atoms with Gasteiger partial charge in [0, 0.05) is 30.8 Å². The topological polar surface area (TPSA) is 40.5 Å². The molecular formula is C14H17F2NO2. The maximum absolute atomic E-state index is 13.7. The van der Waals surface area contributed by atoms with Crippen molar-refractivity contribution < 1.29 is 18.7 Å². The Morgan fingerprint density at radius 1 is 1.42 bits per heavy atom. The smallest absolute Gasteiger partial charge is 0.308 e. The lowest BCUT2D eigenvalue weighted by molar-refractivity contribution is -0.142. The Kier molecular flexibility index (Phi) is 3.85. The summed E-state index contributed by atoms with van der Waals surface area (Å²) >= 11 is 0. The van der Waals surface area contributed by atoms with Crippen LogP contribution in [0.25, 0.3) is 0 Å². The molecule has 1 aliphatic heterocycles. The zero-order valence-corrected chi connectivity index (χ0v) is 10.9. The third-order valence-corrected chi connectivity index (χ3v) is 3.92. The van der Waals surface area contributed by atoms with Crippen molar-refractivity contribution in [2.24, 2.45) is 11.8 Å². The summed E-state index contributed by atoms with van der Waals surface area (Å²) in [7, 11) is 0. The number of rotatable bonds is 3. The van der Waals surface area contributed by atoms with Gasteiger partial charge in [-0.15, -0.1) is 0 Å². The number of halogens is 2. The summed E-state index contributed by atoms with van der Waals surface area (Å²) in [5, 5.41) is 9.09. The van der Waals surface area contributed by atoms with E-state index in [9.17, 15) is 13.6 Å². The third-order valence-electron chi connectivity index (χ3n) is 3.92. The molecule has 1 saturated heterocycles. The van der Waals surface area contributed by atoms with Gasteiger partial charge in [-0.1, -0.05) is 13.0 Å². The number of nitrogens with zero attached hydrogens (tertiary/aromatic N) is 1. The highest BCUT2D eigenvalue weighted by Crippen LogP contribution is 2.32. The molecule has 19 heavy (non-hydrogen) atoms. The van der Waals surface area contributed by atoms with Crippen molar-refractivity contribution in [1.29, 1.82) is 0 Å². The Morgan fingerprint density at radius 2 is 2.11 bits per heavy atom. The first-order valence-corrected chi connectivity index (χ1v) is 6.32. The van der Waals surface area contributed by atoms with Gasteiger partial charge in [0.15, 0.2) is 0 Å². The molecule has 0 radical (unpaired) electrons. The van der Waals surface area contributed by atoms with Crippen LogP contribution in [0.3, 0.4) is 0 Å². The van der Waals surface area contributed by atoms with Crippen molar-refractivity contribution in [3.63, 3.8) is 0 Å². The average Bonchev–Trinajstić information content (AvgIpc) is 2.70. The molecule has 1 fully saturated rings. The maximum atomic E-state index is 13.7. The van der Waals surface area contributed by atoms with E-state index in [0.29, 0.717) is 18.7 Å². The summed E-state index contributed by atoms with van der Waals surface area (Å²) in [5.41, 5.74) is 0.402. The summed E-state index contributed by atoms with van der Waals surface area (Å²) in [6.45, 7) is 4.70. The van der Waals surface area contributed by atoms with Gasteiger partial charge in [0.25, 0.3) is 0 Å². The molecule has 1 heterocycles. The predicted molar refractivity (Wildman–Crippen MR) is 66.6 cm³/mol. The van der Waals surface area contributed by atoms with E-state index in [4.69, 9.17) is 5.11 Å². The van der Waals surface area contributed by atoms with Gasteiger partial charge in [-0.05, 0) is 18.9 Å². The Balaban J connectivity index is 2.17. The first-order valence-electron chi connectivity index (χ1n) is 6.32. The molecule has 104 valence electrons. The lowest BCUT2D eigenvalue weighted by Gasteiger charge is -2.25. The van der Waals surface area contributed by atoms with Crippen LogP contribution >= 0.6 is 0 Å². The molecule has 0 aromatic heterocycles. The number of hydrogen-bond donors (Lipinski definition) is 1. The molecule has 1 aromatic carbocycles. The Labute approximate surface area is 110 Å². The Morgan fingerprint density at radius 3 is 2.63 bits per heavy atom. The fourth-order valence-corrected chi connectivity index (χ4v) is 2.68. The minimum atomic E-state index is -0.818. The van der Waals surface area contributed by atoms with Crippen LogP contribution in [0.4, 0.5) is 8.78 Å². The highest BCUT2D eigenvalue weighted by atomic mass is 19.1. The minimum Gasteiger partial charge on any atom is -0.481 e. The van der Waals surface area contributed by atoms with Crippen molar-refractivity contribution in [2.45, 2.75) is 19.9 Å². The molecule has 3 unspecified atom stereocenters. The van der Waals surface area contributed by atoms with Crippen LogP contribution in [-0.4, -0.2) is 29.1 Å². The van der Waals surface area contributed by atoms with Gasteiger partial charge in [0.2, 0.25) is 0 Å². The molecule has 5 heteroatoms. The molecule has 1 N–H and O–H groups in total. The fourth-order valence-electron chi connectivity index (χ4n) is 2.68. The quantitative estimate of drug-likeness (QED) is 0.917. The van der Waals surface area contributed by atoms with Gasteiger partial charge in [-0.3, -0.25) is 9.69 Å². The molecule has 0 saturated carbocycles. The van der Waals surface area contributed by atoms with Gasteiger partial charge in [-0.2, -0.15) is 0 Å². The molecule has 0 bridgehead atoms. The highest BCUT2D eigenvalue weighted by molar-refractivity contribution is 5.71. The van der Waals surface area contributed by atoms with Gasteiger partial charge in [0.1, 0.15) is 11.6 Å². The number of carbonyl (C=O) groups is 1. The SMILES string of the molecule is CC1CN(C(C)c2ccc(F)cc2F)CC1C(=O)O. The first-order chi connectivity index (χ1) is 8.90. The molecule has 3 nitrogen and oxygen atoms in total. The summed E-state index contributed by atoms with van der Waals surface area (Å²) in [4.78, 5) is 13.0. The highest BCUT2D eigenvalue weighted by Gasteiger charge is 2.37. The Hall–Kier alpha value is -1.49. The molecule has 1 aliphatic rings. The van der Waals surface area contributed by atoms with Gasteiger partial charge < -0.3 is 5.11 Å². The van der Waals surface area contributed by atoms with Crippen LogP contribution in [0.15, 0.2) is 18.2 Å². The van der Waals surface area contributed by atoms with Crippen LogP contribution in [0.2, 0.25) is 0 Å². The number of benzene rings is 1. The summed E-state index contributed by atoms with van der Waals surface area (Å²) in [5.74, 6) is -2.40. The van der Waals surface area contributed by atoms with Crippen molar-refractivity contribution in [3.05, 3.63) is 35.4 Å². The molecule has 0 amide bonds. The van der Waals surface area contributed by atoms with Crippen molar-refractivity contribution in [2.75, 3.05) is 13.1 Å². The molecule has 2 rings (SSSR count). The van der Waals surface area contributed by atoms with Gasteiger partial charge in [-0.25, -0.2) is 8.78 Å². The Bertz CT molecular complexity index is 492. The zero-order chi connectivity index (χ0) is 14.2. The monoisotopic (exact) mass is 269 g/mol. The molecule has 3 atom stereocenters.